The van der Waals surface area contributed by atoms with Crippen molar-refractivity contribution in [1.29, 1.82) is 0 Å². The van der Waals surface area contributed by atoms with E-state index in [2.05, 4.69) is 30.1 Å². The Morgan fingerprint density at radius 2 is 2.33 bits per heavy atom. The lowest BCUT2D eigenvalue weighted by Gasteiger charge is -2.33. The van der Waals surface area contributed by atoms with Gasteiger partial charge in [0.25, 0.3) is 0 Å². The maximum Gasteiger partial charge on any atom is 0.0931 e. The number of nitrogens with one attached hydrogen (secondary N) is 1. The molecule has 1 N–H and O–H groups in total. The van der Waals surface area contributed by atoms with E-state index in [0.29, 0.717) is 12.1 Å². The maximum atomic E-state index is 6.03. The van der Waals surface area contributed by atoms with E-state index in [1.54, 1.807) is 11.3 Å². The molecule has 2 unspecified atom stereocenters. The number of halogens is 1. The average Bonchev–Trinajstić information content (AvgIpc) is 2.83. The van der Waals surface area contributed by atoms with E-state index >= 15 is 0 Å². The van der Waals surface area contributed by atoms with Gasteiger partial charge in [-0.3, -0.25) is 4.90 Å². The van der Waals surface area contributed by atoms with Gasteiger partial charge in [-0.15, -0.1) is 11.3 Å². The molecule has 1 aromatic heterocycles. The van der Waals surface area contributed by atoms with Gasteiger partial charge in [-0.25, -0.2) is 0 Å². The highest BCUT2D eigenvalue weighted by atomic mass is 35.5. The van der Waals surface area contributed by atoms with Crippen molar-refractivity contribution in [3.8, 4) is 0 Å². The molecule has 2 nitrogen and oxygen atoms in total. The van der Waals surface area contributed by atoms with E-state index in [9.17, 15) is 0 Å². The molecule has 0 saturated carbocycles. The summed E-state index contributed by atoms with van der Waals surface area (Å²) in [7, 11) is 0. The zero-order valence-electron chi connectivity index (χ0n) is 11.3. The molecule has 2 heterocycles. The van der Waals surface area contributed by atoms with Crippen molar-refractivity contribution < 1.29 is 0 Å². The Kier molecular flexibility index (Phi) is 5.49. The molecule has 0 aliphatic carbocycles. The van der Waals surface area contributed by atoms with Gasteiger partial charge in [0.15, 0.2) is 0 Å². The summed E-state index contributed by atoms with van der Waals surface area (Å²) >= 11 is 7.74. The zero-order valence-corrected chi connectivity index (χ0v) is 12.9. The first kappa shape index (κ1) is 14.3. The Bertz CT molecular complexity index is 360. The van der Waals surface area contributed by atoms with E-state index in [-0.39, 0.29) is 0 Å². The quantitative estimate of drug-likeness (QED) is 0.882. The minimum Gasteiger partial charge on any atom is -0.313 e. The van der Waals surface area contributed by atoms with Crippen LogP contribution in [0.2, 0.25) is 4.34 Å². The molecule has 4 heteroatoms. The molecule has 0 spiro atoms. The summed E-state index contributed by atoms with van der Waals surface area (Å²) < 4.78 is 0.892. The SMILES string of the molecule is CCN(CC1CCCCN1)C(C)c1ccc(Cl)s1. The van der Waals surface area contributed by atoms with Crippen molar-refractivity contribution in [2.24, 2.45) is 0 Å². The van der Waals surface area contributed by atoms with E-state index in [4.69, 9.17) is 11.6 Å². The van der Waals surface area contributed by atoms with Gasteiger partial charge in [-0.05, 0) is 45.0 Å². The summed E-state index contributed by atoms with van der Waals surface area (Å²) in [4.78, 5) is 3.92. The van der Waals surface area contributed by atoms with Crippen molar-refractivity contribution in [2.75, 3.05) is 19.6 Å². The van der Waals surface area contributed by atoms with Crippen LogP contribution in [0.5, 0.6) is 0 Å². The summed E-state index contributed by atoms with van der Waals surface area (Å²) in [5.74, 6) is 0. The normalized spacial score (nSPS) is 22.3. The van der Waals surface area contributed by atoms with E-state index in [0.717, 1.165) is 17.4 Å². The first-order valence-corrected chi connectivity index (χ1v) is 8.12. The molecule has 1 aliphatic heterocycles. The standard InChI is InChI=1S/C14H23ClN2S/c1-3-17(10-12-6-4-5-9-16-12)11(2)13-7-8-14(15)18-13/h7-8,11-12,16H,3-6,9-10H2,1-2H3. The third-order valence-electron chi connectivity index (χ3n) is 3.83. The largest absolute Gasteiger partial charge is 0.313 e. The predicted octanol–water partition coefficient (Wildman–Crippen LogP) is 3.93. The maximum absolute atomic E-state index is 6.03. The second-order valence-corrected chi connectivity index (χ2v) is 6.80. The van der Waals surface area contributed by atoms with Crippen LogP contribution >= 0.6 is 22.9 Å². The van der Waals surface area contributed by atoms with Gasteiger partial charge in [0.05, 0.1) is 4.34 Å². The second kappa shape index (κ2) is 6.90. The minimum atomic E-state index is 0.469. The van der Waals surface area contributed by atoms with Crippen LogP contribution in [0.15, 0.2) is 12.1 Å². The Hall–Kier alpha value is -0.0900. The van der Waals surface area contributed by atoms with Crippen LogP contribution in [0.1, 0.15) is 44.0 Å². The molecule has 1 aromatic rings. The Balaban J connectivity index is 1.94. The molecule has 0 amide bonds. The van der Waals surface area contributed by atoms with Crippen LogP contribution in [0.25, 0.3) is 0 Å². The summed E-state index contributed by atoms with van der Waals surface area (Å²) in [5.41, 5.74) is 0. The van der Waals surface area contributed by atoms with Crippen molar-refractivity contribution in [2.45, 2.75) is 45.2 Å². The highest BCUT2D eigenvalue weighted by molar-refractivity contribution is 7.16. The average molecular weight is 287 g/mol. The number of piperidine rings is 1. The van der Waals surface area contributed by atoms with Crippen LogP contribution < -0.4 is 5.32 Å². The minimum absolute atomic E-state index is 0.469. The Morgan fingerprint density at radius 1 is 1.50 bits per heavy atom. The summed E-state index contributed by atoms with van der Waals surface area (Å²) in [6.45, 7) is 7.95. The molecule has 18 heavy (non-hydrogen) atoms. The van der Waals surface area contributed by atoms with Crippen molar-refractivity contribution in [1.82, 2.24) is 10.2 Å². The molecule has 1 aliphatic rings. The highest BCUT2D eigenvalue weighted by Gasteiger charge is 2.21. The van der Waals surface area contributed by atoms with E-state index in [1.807, 2.05) is 6.07 Å². The lowest BCUT2D eigenvalue weighted by atomic mass is 10.0. The predicted molar refractivity (Wildman–Crippen MR) is 80.6 cm³/mol. The molecular weight excluding hydrogens is 264 g/mol. The fraction of sp³-hybridized carbons (Fsp3) is 0.714. The molecular formula is C14H23ClN2S. The number of thiophene rings is 1. The molecule has 2 atom stereocenters. The molecule has 2 rings (SSSR count). The first-order chi connectivity index (χ1) is 8.70. The lowest BCUT2D eigenvalue weighted by Crippen LogP contribution is -2.44. The van der Waals surface area contributed by atoms with Crippen LogP contribution in [0.4, 0.5) is 0 Å². The lowest BCUT2D eigenvalue weighted by molar-refractivity contribution is 0.187. The van der Waals surface area contributed by atoms with Crippen LogP contribution in [0, 0.1) is 0 Å². The monoisotopic (exact) mass is 286 g/mol. The van der Waals surface area contributed by atoms with Gasteiger partial charge in [-0.1, -0.05) is 24.9 Å². The first-order valence-electron chi connectivity index (χ1n) is 6.93. The summed E-state index contributed by atoms with van der Waals surface area (Å²) in [6.07, 6.45) is 4.02. The third kappa shape index (κ3) is 3.70. The molecule has 1 saturated heterocycles. The van der Waals surface area contributed by atoms with Crippen LogP contribution in [0.3, 0.4) is 0 Å². The zero-order chi connectivity index (χ0) is 13.0. The molecule has 0 radical (unpaired) electrons. The van der Waals surface area contributed by atoms with Gasteiger partial charge < -0.3 is 5.32 Å². The van der Waals surface area contributed by atoms with Crippen molar-refractivity contribution >= 4 is 22.9 Å². The molecule has 1 fully saturated rings. The fourth-order valence-corrected chi connectivity index (χ4v) is 3.80. The Morgan fingerprint density at radius 3 is 2.89 bits per heavy atom. The summed E-state index contributed by atoms with van der Waals surface area (Å²) in [5, 5.41) is 3.63. The number of hydrogen-bond acceptors (Lipinski definition) is 3. The summed E-state index contributed by atoms with van der Waals surface area (Å²) in [6, 6.07) is 5.30. The van der Waals surface area contributed by atoms with Crippen molar-refractivity contribution in [3.63, 3.8) is 0 Å². The number of rotatable bonds is 5. The second-order valence-electron chi connectivity index (χ2n) is 5.05. The van der Waals surface area contributed by atoms with Crippen molar-refractivity contribution in [3.05, 3.63) is 21.3 Å². The van der Waals surface area contributed by atoms with Crippen LogP contribution in [-0.4, -0.2) is 30.6 Å². The highest BCUT2D eigenvalue weighted by Crippen LogP contribution is 2.30. The fourth-order valence-electron chi connectivity index (χ4n) is 2.66. The Labute approximate surface area is 119 Å². The van der Waals surface area contributed by atoms with Gasteiger partial charge in [0.2, 0.25) is 0 Å². The van der Waals surface area contributed by atoms with Gasteiger partial charge in [0.1, 0.15) is 0 Å². The van der Waals surface area contributed by atoms with Gasteiger partial charge in [-0.2, -0.15) is 0 Å². The number of likely N-dealkylation sites (N-methyl/N-ethyl adjacent to an activating group) is 1. The van der Waals surface area contributed by atoms with Crippen LogP contribution in [-0.2, 0) is 0 Å². The van der Waals surface area contributed by atoms with Gasteiger partial charge >= 0.3 is 0 Å². The van der Waals surface area contributed by atoms with E-state index < -0.39 is 0 Å². The third-order valence-corrected chi connectivity index (χ3v) is 5.23. The smallest absolute Gasteiger partial charge is 0.0931 e. The van der Waals surface area contributed by atoms with Gasteiger partial charge in [0, 0.05) is 23.5 Å². The number of hydrogen-bond donors (Lipinski definition) is 1. The molecule has 0 aromatic carbocycles. The molecule has 102 valence electrons. The van der Waals surface area contributed by atoms with E-state index in [1.165, 1.54) is 30.7 Å². The molecule has 0 bridgehead atoms. The number of nitrogens with zero attached hydrogens (tertiary/aromatic N) is 1. The topological polar surface area (TPSA) is 15.3 Å².